The number of aliphatic hydroxyl groups excluding tert-OH is 1. The van der Waals surface area contributed by atoms with E-state index in [0.29, 0.717) is 36.0 Å². The summed E-state index contributed by atoms with van der Waals surface area (Å²) in [6, 6.07) is 8.78. The van der Waals surface area contributed by atoms with Crippen LogP contribution in [0.25, 0.3) is 0 Å². The molecule has 0 spiro atoms. The summed E-state index contributed by atoms with van der Waals surface area (Å²) in [7, 11) is -0.706. The number of ether oxygens (including phenoxy) is 4. The normalized spacial score (nSPS) is 20.6. The highest BCUT2D eigenvalue weighted by Crippen LogP contribution is 2.34. The largest absolute Gasteiger partial charge is 0.490 e. The summed E-state index contributed by atoms with van der Waals surface area (Å²) in [6.07, 6.45) is 4.26. The number of nitrogens with zero attached hydrogens (tertiary/aromatic N) is 4. The molecule has 4 atom stereocenters. The average molecular weight is 715 g/mol. The molecule has 5 rings (SSSR count). The minimum absolute atomic E-state index is 0.126. The van der Waals surface area contributed by atoms with Crippen LogP contribution in [0.1, 0.15) is 50.4 Å². The Bertz CT molecular complexity index is 1770. The highest BCUT2D eigenvalue weighted by molar-refractivity contribution is 7.92. The summed E-state index contributed by atoms with van der Waals surface area (Å²) in [5, 5.41) is 13.0. The van der Waals surface area contributed by atoms with Gasteiger partial charge in [0.2, 0.25) is 6.79 Å². The Kier molecular flexibility index (Phi) is 11.8. The molecule has 3 heterocycles. The first kappa shape index (κ1) is 36.7. The molecule has 1 aromatic heterocycles. The number of rotatable bonds is 8. The maximum Gasteiger partial charge on any atom is 0.321 e. The van der Waals surface area contributed by atoms with Crippen LogP contribution < -0.4 is 24.2 Å². The number of likely N-dealkylation sites (N-methyl/N-ethyl adjacent to an activating group) is 1. The van der Waals surface area contributed by atoms with Crippen molar-refractivity contribution in [2.24, 2.45) is 13.0 Å². The highest BCUT2D eigenvalue weighted by Gasteiger charge is 2.31. The zero-order chi connectivity index (χ0) is 36.0. The quantitative estimate of drug-likeness (QED) is 0.311. The lowest BCUT2D eigenvalue weighted by molar-refractivity contribution is -0.0115. The van der Waals surface area contributed by atoms with Crippen molar-refractivity contribution in [3.63, 3.8) is 0 Å². The molecule has 3 aromatic rings. The topological polar surface area (TPSA) is 174 Å². The van der Waals surface area contributed by atoms with E-state index in [4.69, 9.17) is 18.9 Å². The summed E-state index contributed by atoms with van der Waals surface area (Å²) >= 11 is 0. The van der Waals surface area contributed by atoms with E-state index < -0.39 is 28.1 Å². The van der Waals surface area contributed by atoms with Crippen molar-refractivity contribution in [1.29, 1.82) is 0 Å². The van der Waals surface area contributed by atoms with Crippen LogP contribution in [0.4, 0.5) is 16.2 Å². The summed E-state index contributed by atoms with van der Waals surface area (Å²) in [5.74, 6) is 0.723. The van der Waals surface area contributed by atoms with Crippen LogP contribution in [0.5, 0.6) is 17.2 Å². The number of carbonyl (C=O) groups is 2. The molecular weight excluding hydrogens is 668 g/mol. The Morgan fingerprint density at radius 1 is 1.10 bits per heavy atom. The molecule has 0 saturated heterocycles. The number of fused-ring (bicyclic) bond motifs is 2. The van der Waals surface area contributed by atoms with Gasteiger partial charge in [0.15, 0.2) is 16.5 Å². The number of carbonyl (C=O) groups excluding carboxylic acids is 2. The van der Waals surface area contributed by atoms with E-state index in [1.165, 1.54) is 33.0 Å². The number of urea groups is 1. The molecule has 0 bridgehead atoms. The lowest BCUT2D eigenvalue weighted by Crippen LogP contribution is -2.48. The van der Waals surface area contributed by atoms with Crippen molar-refractivity contribution in [2.75, 3.05) is 50.2 Å². The van der Waals surface area contributed by atoms with Gasteiger partial charge in [0, 0.05) is 63.3 Å². The number of benzene rings is 2. The fourth-order valence-electron chi connectivity index (χ4n) is 5.73. The maximum atomic E-state index is 14.4. The van der Waals surface area contributed by atoms with E-state index in [9.17, 15) is 23.1 Å². The Morgan fingerprint density at radius 2 is 1.84 bits per heavy atom. The second kappa shape index (κ2) is 16.0. The van der Waals surface area contributed by atoms with Crippen LogP contribution in [0, 0.1) is 5.92 Å². The van der Waals surface area contributed by atoms with Crippen LogP contribution in [0.15, 0.2) is 53.9 Å². The molecule has 272 valence electrons. The Balaban J connectivity index is 1.38. The molecule has 15 nitrogen and oxygen atoms in total. The van der Waals surface area contributed by atoms with Gasteiger partial charge in [-0.1, -0.05) is 6.92 Å². The molecule has 0 unspecified atom stereocenters. The fraction of sp³-hybridized carbons (Fsp3) is 0.500. The second-order valence-electron chi connectivity index (χ2n) is 12.9. The third kappa shape index (κ3) is 8.97. The summed E-state index contributed by atoms with van der Waals surface area (Å²) in [5.41, 5.74) is 0.845. The van der Waals surface area contributed by atoms with Gasteiger partial charge < -0.3 is 43.7 Å². The summed E-state index contributed by atoms with van der Waals surface area (Å²) in [4.78, 5) is 34.6. The molecule has 50 heavy (non-hydrogen) atoms. The molecule has 0 aliphatic carbocycles. The molecule has 2 aliphatic heterocycles. The predicted octanol–water partition coefficient (Wildman–Crippen LogP) is 3.91. The van der Waals surface area contributed by atoms with Crippen molar-refractivity contribution in [3.05, 3.63) is 54.5 Å². The first-order chi connectivity index (χ1) is 23.8. The van der Waals surface area contributed by atoms with Gasteiger partial charge >= 0.3 is 6.03 Å². The van der Waals surface area contributed by atoms with Crippen LogP contribution in [-0.4, -0.2) is 103 Å². The summed E-state index contributed by atoms with van der Waals surface area (Å²) in [6.45, 7) is 6.21. The molecule has 0 radical (unpaired) electrons. The van der Waals surface area contributed by atoms with Crippen LogP contribution in [0.2, 0.25) is 0 Å². The number of hydrogen-bond acceptors (Lipinski definition) is 10. The van der Waals surface area contributed by atoms with Gasteiger partial charge in [-0.2, -0.15) is 8.42 Å². The van der Waals surface area contributed by atoms with Crippen molar-refractivity contribution >= 4 is 33.3 Å². The molecule has 3 N–H and O–H groups in total. The summed E-state index contributed by atoms with van der Waals surface area (Å²) < 4.78 is 53.6. The SMILES string of the molecule is C[C@H](CO)N1C[C@H](C)[C@H](CN(C)C(=O)Nc2ccc3c(c2)OCO3)OCCCC[C@H](C)Oc2ccc(NS(=O)(=O)c3cn(C)cn3)cc2C1=O. The van der Waals surface area contributed by atoms with Crippen molar-refractivity contribution < 1.29 is 42.1 Å². The molecule has 2 aromatic carbocycles. The smallest absolute Gasteiger partial charge is 0.321 e. The molecule has 3 amide bonds. The van der Waals surface area contributed by atoms with Gasteiger partial charge in [0.1, 0.15) is 5.75 Å². The molecule has 16 heteroatoms. The Morgan fingerprint density at radius 3 is 2.58 bits per heavy atom. The number of aromatic nitrogens is 2. The molecular formula is C34H46N6O9S. The number of aryl methyl sites for hydroxylation is 1. The minimum Gasteiger partial charge on any atom is -0.490 e. The molecule has 2 aliphatic rings. The predicted molar refractivity (Wildman–Crippen MR) is 185 cm³/mol. The average Bonchev–Trinajstić information content (AvgIpc) is 3.75. The zero-order valence-corrected chi connectivity index (χ0v) is 29.8. The third-order valence-electron chi connectivity index (χ3n) is 8.68. The van der Waals surface area contributed by atoms with Crippen molar-refractivity contribution in [3.8, 4) is 17.2 Å². The Hall–Kier alpha value is -4.54. The number of imidazole rings is 1. The van der Waals surface area contributed by atoms with Gasteiger partial charge in [-0.25, -0.2) is 9.78 Å². The van der Waals surface area contributed by atoms with E-state index in [1.807, 2.05) is 13.8 Å². The Labute approximate surface area is 292 Å². The maximum absolute atomic E-state index is 14.4. The number of aliphatic hydroxyl groups is 1. The van der Waals surface area contributed by atoms with Gasteiger partial charge in [0.05, 0.1) is 36.7 Å². The number of anilines is 2. The number of amides is 3. The number of sulfonamides is 1. The highest BCUT2D eigenvalue weighted by atomic mass is 32.2. The van der Waals surface area contributed by atoms with E-state index in [1.54, 1.807) is 51.4 Å². The number of hydrogen-bond donors (Lipinski definition) is 3. The van der Waals surface area contributed by atoms with Gasteiger partial charge in [0.25, 0.3) is 15.9 Å². The van der Waals surface area contributed by atoms with Crippen LogP contribution >= 0.6 is 0 Å². The minimum atomic E-state index is -4.04. The lowest BCUT2D eigenvalue weighted by Gasteiger charge is -2.35. The van der Waals surface area contributed by atoms with Gasteiger partial charge in [-0.15, -0.1) is 0 Å². The second-order valence-corrected chi connectivity index (χ2v) is 14.5. The van der Waals surface area contributed by atoms with Gasteiger partial charge in [-0.3, -0.25) is 9.52 Å². The third-order valence-corrected chi connectivity index (χ3v) is 9.95. The van der Waals surface area contributed by atoms with Gasteiger partial charge in [-0.05, 0) is 63.4 Å². The van der Waals surface area contributed by atoms with Crippen molar-refractivity contribution in [1.82, 2.24) is 19.4 Å². The van der Waals surface area contributed by atoms with Crippen LogP contribution in [0.3, 0.4) is 0 Å². The van der Waals surface area contributed by atoms with E-state index in [2.05, 4.69) is 15.0 Å². The fourth-order valence-corrected chi connectivity index (χ4v) is 6.76. The first-order valence-electron chi connectivity index (χ1n) is 16.6. The van der Waals surface area contributed by atoms with E-state index in [-0.39, 0.29) is 60.8 Å². The van der Waals surface area contributed by atoms with Crippen molar-refractivity contribution in [2.45, 2.75) is 63.3 Å². The standard InChI is InChI=1S/C34H46N6O9S/c1-22-16-40(23(2)19-41)33(42)27-14-26(37-50(44,45)32-18-38(4)20-35-32)10-11-28(27)49-24(3)8-6-7-13-46-31(22)17-39(5)34(43)36-25-9-12-29-30(15-25)48-21-47-29/h9-12,14-15,18,20,22-24,31,37,41H,6-8,13,16-17,19,21H2,1-5H3,(H,36,43)/t22-,23+,24-,31-/m0/s1. The molecule has 0 saturated carbocycles. The monoisotopic (exact) mass is 714 g/mol. The molecule has 0 fully saturated rings. The number of nitrogens with one attached hydrogen (secondary N) is 2. The zero-order valence-electron chi connectivity index (χ0n) is 29.0. The first-order valence-corrected chi connectivity index (χ1v) is 18.1. The van der Waals surface area contributed by atoms with Crippen LogP contribution in [-0.2, 0) is 21.8 Å². The van der Waals surface area contributed by atoms with E-state index in [0.717, 1.165) is 12.8 Å². The van der Waals surface area contributed by atoms with E-state index >= 15 is 0 Å². The lowest BCUT2D eigenvalue weighted by atomic mass is 10.0.